The van der Waals surface area contributed by atoms with Gasteiger partial charge in [-0.2, -0.15) is 0 Å². The number of aryl methyl sites for hydroxylation is 1. The van der Waals surface area contributed by atoms with Crippen LogP contribution in [0.4, 0.5) is 0 Å². The molecule has 0 aromatic heterocycles. The summed E-state index contributed by atoms with van der Waals surface area (Å²) >= 11 is 0. The monoisotopic (exact) mass is 345 g/mol. The molecule has 0 unspecified atom stereocenters. The molecule has 1 saturated carbocycles. The molecule has 2 aliphatic rings. The molecule has 1 aromatic rings. The van der Waals surface area contributed by atoms with Crippen molar-refractivity contribution in [1.82, 2.24) is 0 Å². The van der Waals surface area contributed by atoms with Gasteiger partial charge in [-0.25, -0.2) is 0 Å². The van der Waals surface area contributed by atoms with E-state index in [0.29, 0.717) is 12.0 Å². The van der Waals surface area contributed by atoms with E-state index in [1.165, 1.54) is 37.7 Å². The third-order valence-electron chi connectivity index (χ3n) is 6.20. The molecule has 0 amide bonds. The van der Waals surface area contributed by atoms with E-state index in [-0.39, 0.29) is 12.1 Å². The van der Waals surface area contributed by atoms with Crippen LogP contribution in [0.3, 0.4) is 0 Å². The molecule has 3 nitrogen and oxygen atoms in total. The Morgan fingerprint density at radius 3 is 2.84 bits per heavy atom. The number of aliphatic hydroxyl groups is 1. The van der Waals surface area contributed by atoms with Crippen molar-refractivity contribution >= 4 is 0 Å². The summed E-state index contributed by atoms with van der Waals surface area (Å²) in [5.74, 6) is 1.33. The van der Waals surface area contributed by atoms with E-state index in [9.17, 15) is 5.11 Å². The fourth-order valence-corrected chi connectivity index (χ4v) is 4.63. The molecule has 140 valence electrons. The zero-order valence-electron chi connectivity index (χ0n) is 16.0. The van der Waals surface area contributed by atoms with Crippen LogP contribution in [-0.4, -0.2) is 30.0 Å². The lowest BCUT2D eigenvalue weighted by molar-refractivity contribution is 0.0732. The Bertz CT molecular complexity index is 571. The van der Waals surface area contributed by atoms with E-state index in [2.05, 4.69) is 32.0 Å². The molecule has 0 spiro atoms. The quantitative estimate of drug-likeness (QED) is 0.736. The van der Waals surface area contributed by atoms with Gasteiger partial charge in [0.15, 0.2) is 0 Å². The van der Waals surface area contributed by atoms with Crippen LogP contribution in [0, 0.1) is 5.92 Å². The molecule has 3 heteroatoms. The van der Waals surface area contributed by atoms with Crippen molar-refractivity contribution in [2.24, 2.45) is 11.7 Å². The summed E-state index contributed by atoms with van der Waals surface area (Å²) in [6.07, 6.45) is 9.50. The Balaban J connectivity index is 1.55. The third kappa shape index (κ3) is 4.84. The van der Waals surface area contributed by atoms with Gasteiger partial charge in [-0.15, -0.1) is 0 Å². The van der Waals surface area contributed by atoms with E-state index in [0.717, 1.165) is 31.8 Å². The molecule has 3 atom stereocenters. The molecule has 25 heavy (non-hydrogen) atoms. The van der Waals surface area contributed by atoms with Gasteiger partial charge >= 0.3 is 0 Å². The Labute approximate surface area is 153 Å². The molecule has 0 aliphatic heterocycles. The van der Waals surface area contributed by atoms with Crippen molar-refractivity contribution in [3.63, 3.8) is 0 Å². The van der Waals surface area contributed by atoms with Crippen molar-refractivity contribution in [3.8, 4) is 0 Å². The van der Waals surface area contributed by atoms with Gasteiger partial charge in [0.05, 0.1) is 12.7 Å². The Kier molecular flexibility index (Phi) is 6.19. The maximum absolute atomic E-state index is 9.50. The van der Waals surface area contributed by atoms with Crippen molar-refractivity contribution in [2.75, 3.05) is 13.2 Å². The van der Waals surface area contributed by atoms with E-state index in [4.69, 9.17) is 10.5 Å². The van der Waals surface area contributed by atoms with Crippen molar-refractivity contribution in [3.05, 3.63) is 34.9 Å². The largest absolute Gasteiger partial charge is 0.394 e. The first kappa shape index (κ1) is 18.9. The molecule has 0 heterocycles. The average Bonchev–Trinajstić information content (AvgIpc) is 3.01. The second kappa shape index (κ2) is 8.20. The second-order valence-electron chi connectivity index (χ2n) is 8.66. The molecular weight excluding hydrogens is 310 g/mol. The maximum Gasteiger partial charge on any atom is 0.0611 e. The standard InChI is InChI=1S/C22H35NO2/c1-16(2)25-11-3-4-17-5-6-19-13-20(8-7-18(19)12-17)21-9-10-22(23,14-21)15-24/h7-8,13,16-17,21,24H,3-6,9-12,14-15,23H2,1-2H3/t17-,21+,22+/m1/s1. The lowest BCUT2D eigenvalue weighted by atomic mass is 9.80. The Morgan fingerprint density at radius 1 is 1.28 bits per heavy atom. The molecule has 3 N–H and O–H groups in total. The highest BCUT2D eigenvalue weighted by molar-refractivity contribution is 5.36. The van der Waals surface area contributed by atoms with Crippen molar-refractivity contribution < 1.29 is 9.84 Å². The molecule has 1 fully saturated rings. The first-order valence-corrected chi connectivity index (χ1v) is 10.1. The molecule has 0 saturated heterocycles. The lowest BCUT2D eigenvalue weighted by Crippen LogP contribution is -2.40. The fourth-order valence-electron chi connectivity index (χ4n) is 4.63. The van der Waals surface area contributed by atoms with Gasteiger partial charge in [-0.1, -0.05) is 18.2 Å². The lowest BCUT2D eigenvalue weighted by Gasteiger charge is -2.26. The summed E-state index contributed by atoms with van der Waals surface area (Å²) in [5.41, 5.74) is 10.4. The zero-order chi connectivity index (χ0) is 17.9. The predicted octanol–water partition coefficient (Wildman–Crippen LogP) is 3.95. The van der Waals surface area contributed by atoms with E-state index in [1.807, 2.05) is 0 Å². The summed E-state index contributed by atoms with van der Waals surface area (Å²) in [6.45, 7) is 5.21. The maximum atomic E-state index is 9.50. The normalized spacial score (nSPS) is 29.2. The SMILES string of the molecule is CC(C)OCCC[C@@H]1CCc2cc([C@H]3CC[C@@](N)(CO)C3)ccc2C1. The number of rotatable bonds is 7. The fraction of sp³-hybridized carbons (Fsp3) is 0.727. The number of hydrogen-bond donors (Lipinski definition) is 2. The van der Waals surface area contributed by atoms with Gasteiger partial charge in [0, 0.05) is 12.1 Å². The first-order valence-electron chi connectivity index (χ1n) is 10.1. The van der Waals surface area contributed by atoms with Crippen LogP contribution in [0.15, 0.2) is 18.2 Å². The van der Waals surface area contributed by atoms with E-state index in [1.54, 1.807) is 11.1 Å². The van der Waals surface area contributed by atoms with Gasteiger partial charge in [0.2, 0.25) is 0 Å². The molecule has 2 aliphatic carbocycles. The van der Waals surface area contributed by atoms with E-state index >= 15 is 0 Å². The minimum atomic E-state index is -0.357. The van der Waals surface area contributed by atoms with Crippen molar-refractivity contribution in [1.29, 1.82) is 0 Å². The highest BCUT2D eigenvalue weighted by atomic mass is 16.5. The van der Waals surface area contributed by atoms with Gasteiger partial charge < -0.3 is 15.6 Å². The van der Waals surface area contributed by atoms with Crippen LogP contribution in [0.1, 0.15) is 75.0 Å². The van der Waals surface area contributed by atoms with Crippen LogP contribution < -0.4 is 5.73 Å². The number of ether oxygens (including phenoxy) is 1. The molecule has 0 radical (unpaired) electrons. The summed E-state index contributed by atoms with van der Waals surface area (Å²) in [7, 11) is 0. The summed E-state index contributed by atoms with van der Waals surface area (Å²) < 4.78 is 5.67. The Hall–Kier alpha value is -0.900. The van der Waals surface area contributed by atoms with Crippen LogP contribution in [0.25, 0.3) is 0 Å². The first-order chi connectivity index (χ1) is 12.0. The molecule has 1 aromatic carbocycles. The van der Waals surface area contributed by atoms with Crippen LogP contribution in [-0.2, 0) is 17.6 Å². The summed E-state index contributed by atoms with van der Waals surface area (Å²) in [4.78, 5) is 0. The number of hydrogen-bond acceptors (Lipinski definition) is 3. The Morgan fingerprint density at radius 2 is 2.12 bits per heavy atom. The number of nitrogens with two attached hydrogens (primary N) is 1. The molecular formula is C22H35NO2. The number of fused-ring (bicyclic) bond motifs is 1. The minimum absolute atomic E-state index is 0.108. The third-order valence-corrected chi connectivity index (χ3v) is 6.20. The summed E-state index contributed by atoms with van der Waals surface area (Å²) in [5, 5.41) is 9.50. The average molecular weight is 346 g/mol. The smallest absolute Gasteiger partial charge is 0.0611 e. The van der Waals surface area contributed by atoms with Gasteiger partial charge in [-0.05, 0) is 93.7 Å². The van der Waals surface area contributed by atoms with Crippen molar-refractivity contribution in [2.45, 2.75) is 82.8 Å². The van der Waals surface area contributed by atoms with Crippen LogP contribution in [0.5, 0.6) is 0 Å². The van der Waals surface area contributed by atoms with Gasteiger partial charge in [0.25, 0.3) is 0 Å². The highest BCUT2D eigenvalue weighted by Gasteiger charge is 2.36. The minimum Gasteiger partial charge on any atom is -0.394 e. The second-order valence-corrected chi connectivity index (χ2v) is 8.66. The molecule has 0 bridgehead atoms. The van der Waals surface area contributed by atoms with E-state index < -0.39 is 0 Å². The van der Waals surface area contributed by atoms with Gasteiger partial charge in [-0.3, -0.25) is 0 Å². The van der Waals surface area contributed by atoms with Gasteiger partial charge in [0.1, 0.15) is 0 Å². The van der Waals surface area contributed by atoms with Crippen LogP contribution in [0.2, 0.25) is 0 Å². The topological polar surface area (TPSA) is 55.5 Å². The predicted molar refractivity (Wildman–Crippen MR) is 103 cm³/mol. The summed E-state index contributed by atoms with van der Waals surface area (Å²) in [6, 6.07) is 7.11. The number of aliphatic hydroxyl groups excluding tert-OH is 1. The number of benzene rings is 1. The molecule has 3 rings (SSSR count). The zero-order valence-corrected chi connectivity index (χ0v) is 16.0. The highest BCUT2D eigenvalue weighted by Crippen LogP contribution is 2.40. The van der Waals surface area contributed by atoms with Crippen LogP contribution >= 0.6 is 0 Å².